The van der Waals surface area contributed by atoms with Gasteiger partial charge in [-0.25, -0.2) is 0 Å². The number of aromatic hydroxyl groups is 1. The van der Waals surface area contributed by atoms with Gasteiger partial charge in [0, 0.05) is 31.3 Å². The molecule has 2 aliphatic rings. The summed E-state index contributed by atoms with van der Waals surface area (Å²) in [4.78, 5) is 28.6. The third kappa shape index (κ3) is 3.17. The Hall–Kier alpha value is -1.69. The van der Waals surface area contributed by atoms with E-state index in [9.17, 15) is 14.7 Å². The van der Waals surface area contributed by atoms with Gasteiger partial charge < -0.3 is 14.9 Å². The molecule has 2 unspecified atom stereocenters. The van der Waals surface area contributed by atoms with E-state index in [0.717, 1.165) is 25.9 Å². The number of carbonyl (C=O) groups excluding carboxylic acids is 2. The van der Waals surface area contributed by atoms with Crippen LogP contribution in [0.1, 0.15) is 37.1 Å². The van der Waals surface area contributed by atoms with Gasteiger partial charge in [-0.3, -0.25) is 9.59 Å². The lowest BCUT2D eigenvalue weighted by atomic mass is 10.1. The van der Waals surface area contributed by atoms with Crippen molar-refractivity contribution in [3.63, 3.8) is 0 Å². The number of hydrogen-bond donors (Lipinski definition) is 1. The Kier molecular flexibility index (Phi) is 4.80. The van der Waals surface area contributed by atoms with E-state index in [2.05, 4.69) is 0 Å². The second-order valence-corrected chi connectivity index (χ2v) is 7.19. The zero-order valence-corrected chi connectivity index (χ0v) is 14.1. The third-order valence-electron chi connectivity index (χ3n) is 4.52. The Balaban J connectivity index is 1.84. The topological polar surface area (TPSA) is 60.9 Å². The summed E-state index contributed by atoms with van der Waals surface area (Å²) in [6.45, 7) is 3.06. The molecule has 23 heavy (non-hydrogen) atoms. The standard InChI is InChI=1S/C17H22N2O3S/c1-12(20)19-14(16(22)18-9-5-2-6-10-18)11-23-17(19)13-7-3-4-8-15(13)21/h3-4,7-8,14,17,21H,2,5-6,9-11H2,1H3. The van der Waals surface area contributed by atoms with Gasteiger partial charge in [-0.2, -0.15) is 0 Å². The summed E-state index contributed by atoms with van der Waals surface area (Å²) in [6.07, 6.45) is 3.24. The first-order valence-electron chi connectivity index (χ1n) is 8.07. The highest BCUT2D eigenvalue weighted by atomic mass is 32.2. The normalized spacial score (nSPS) is 24.7. The lowest BCUT2D eigenvalue weighted by Crippen LogP contribution is -2.50. The number of phenols is 1. The SMILES string of the molecule is CC(=O)N1C(C(=O)N2CCCCC2)CSC1c1ccccc1O. The maximum atomic E-state index is 12.8. The van der Waals surface area contributed by atoms with Crippen molar-refractivity contribution in [1.29, 1.82) is 0 Å². The maximum Gasteiger partial charge on any atom is 0.246 e. The van der Waals surface area contributed by atoms with Crippen molar-refractivity contribution < 1.29 is 14.7 Å². The minimum atomic E-state index is -0.430. The van der Waals surface area contributed by atoms with Crippen LogP contribution in [0.25, 0.3) is 0 Å². The van der Waals surface area contributed by atoms with Gasteiger partial charge in [0.25, 0.3) is 0 Å². The fourth-order valence-electron chi connectivity index (χ4n) is 3.34. The summed E-state index contributed by atoms with van der Waals surface area (Å²) < 4.78 is 0. The number of piperidine rings is 1. The number of rotatable bonds is 2. The van der Waals surface area contributed by atoms with E-state index in [4.69, 9.17) is 0 Å². The van der Waals surface area contributed by atoms with Crippen LogP contribution < -0.4 is 0 Å². The van der Waals surface area contributed by atoms with Gasteiger partial charge in [0.2, 0.25) is 11.8 Å². The van der Waals surface area contributed by atoms with Gasteiger partial charge in [0.05, 0.1) is 0 Å². The van der Waals surface area contributed by atoms with Crippen LogP contribution >= 0.6 is 11.8 Å². The first-order chi connectivity index (χ1) is 11.1. The highest BCUT2D eigenvalue weighted by Crippen LogP contribution is 2.44. The molecule has 6 heteroatoms. The molecule has 2 atom stereocenters. The van der Waals surface area contributed by atoms with Crippen LogP contribution in [-0.2, 0) is 9.59 Å². The Bertz CT molecular complexity index is 601. The van der Waals surface area contributed by atoms with E-state index >= 15 is 0 Å². The van der Waals surface area contributed by atoms with Crippen LogP contribution in [0.15, 0.2) is 24.3 Å². The maximum absolute atomic E-state index is 12.8. The van der Waals surface area contributed by atoms with E-state index in [-0.39, 0.29) is 22.9 Å². The van der Waals surface area contributed by atoms with E-state index < -0.39 is 6.04 Å². The number of carbonyl (C=O) groups is 2. The molecule has 0 aliphatic carbocycles. The van der Waals surface area contributed by atoms with Gasteiger partial charge in [0.15, 0.2) is 0 Å². The minimum Gasteiger partial charge on any atom is -0.508 e. The number of likely N-dealkylation sites (tertiary alicyclic amines) is 1. The minimum absolute atomic E-state index is 0.0466. The summed E-state index contributed by atoms with van der Waals surface area (Å²) in [5.74, 6) is 0.666. The average molecular weight is 334 g/mol. The number of nitrogens with zero attached hydrogens (tertiary/aromatic N) is 2. The van der Waals surface area contributed by atoms with E-state index in [1.54, 1.807) is 28.8 Å². The number of benzene rings is 1. The van der Waals surface area contributed by atoms with Crippen LogP contribution in [0.5, 0.6) is 5.75 Å². The molecular formula is C17H22N2O3S. The lowest BCUT2D eigenvalue weighted by Gasteiger charge is -2.33. The molecular weight excluding hydrogens is 312 g/mol. The molecule has 0 spiro atoms. The van der Waals surface area contributed by atoms with Crippen LogP contribution in [0.4, 0.5) is 0 Å². The van der Waals surface area contributed by atoms with Gasteiger partial charge in [-0.15, -0.1) is 11.8 Å². The predicted molar refractivity (Wildman–Crippen MR) is 90.0 cm³/mol. The predicted octanol–water partition coefficient (Wildman–Crippen LogP) is 2.37. The van der Waals surface area contributed by atoms with Crippen molar-refractivity contribution >= 4 is 23.6 Å². The molecule has 2 amide bonds. The van der Waals surface area contributed by atoms with Crippen LogP contribution in [0.3, 0.4) is 0 Å². The largest absolute Gasteiger partial charge is 0.508 e. The molecule has 1 aromatic rings. The number of hydrogen-bond acceptors (Lipinski definition) is 4. The summed E-state index contributed by atoms with van der Waals surface area (Å²) in [5, 5.41) is 9.80. The first-order valence-corrected chi connectivity index (χ1v) is 9.11. The van der Waals surface area contributed by atoms with Crippen LogP contribution in [-0.4, -0.2) is 51.6 Å². The van der Waals surface area contributed by atoms with Gasteiger partial charge in [-0.05, 0) is 25.3 Å². The highest BCUT2D eigenvalue weighted by molar-refractivity contribution is 7.99. The Morgan fingerprint density at radius 3 is 2.52 bits per heavy atom. The average Bonchev–Trinajstić information content (AvgIpc) is 3.00. The molecule has 0 saturated carbocycles. The number of amides is 2. The lowest BCUT2D eigenvalue weighted by molar-refractivity contribution is -0.144. The second kappa shape index (κ2) is 6.83. The quantitative estimate of drug-likeness (QED) is 0.902. The van der Waals surface area contributed by atoms with Crippen LogP contribution in [0, 0.1) is 0 Å². The molecule has 5 nitrogen and oxygen atoms in total. The van der Waals surface area contributed by atoms with Crippen molar-refractivity contribution in [2.45, 2.75) is 37.6 Å². The van der Waals surface area contributed by atoms with E-state index in [1.807, 2.05) is 17.0 Å². The molecule has 1 aromatic carbocycles. The van der Waals surface area contributed by atoms with Gasteiger partial charge >= 0.3 is 0 Å². The smallest absolute Gasteiger partial charge is 0.246 e. The Morgan fingerprint density at radius 1 is 1.17 bits per heavy atom. The molecule has 3 rings (SSSR count). The van der Waals surface area contributed by atoms with E-state index in [0.29, 0.717) is 11.3 Å². The number of para-hydroxylation sites is 1. The zero-order chi connectivity index (χ0) is 16.4. The summed E-state index contributed by atoms with van der Waals surface area (Å²) in [6, 6.07) is 6.60. The molecule has 2 fully saturated rings. The fourth-order valence-corrected chi connectivity index (χ4v) is 4.84. The molecule has 2 aliphatic heterocycles. The third-order valence-corrected chi connectivity index (χ3v) is 5.82. The van der Waals surface area contributed by atoms with Crippen molar-refractivity contribution in [3.8, 4) is 5.75 Å². The summed E-state index contributed by atoms with van der Waals surface area (Å²) >= 11 is 1.54. The molecule has 0 bridgehead atoms. The Labute approximate surface area is 140 Å². The summed E-state index contributed by atoms with van der Waals surface area (Å²) in [5.41, 5.74) is 0.696. The number of thioether (sulfide) groups is 1. The Morgan fingerprint density at radius 2 is 1.87 bits per heavy atom. The first kappa shape index (κ1) is 16.2. The summed E-state index contributed by atoms with van der Waals surface area (Å²) in [7, 11) is 0. The van der Waals surface area contributed by atoms with Crippen molar-refractivity contribution in [2.24, 2.45) is 0 Å². The van der Waals surface area contributed by atoms with E-state index in [1.165, 1.54) is 13.3 Å². The second-order valence-electron chi connectivity index (χ2n) is 6.07. The monoisotopic (exact) mass is 334 g/mol. The van der Waals surface area contributed by atoms with Crippen molar-refractivity contribution in [1.82, 2.24) is 9.80 Å². The molecule has 2 heterocycles. The number of phenolic OH excluding ortho intramolecular Hbond substituents is 1. The van der Waals surface area contributed by atoms with Gasteiger partial charge in [-0.1, -0.05) is 18.2 Å². The molecule has 0 aromatic heterocycles. The van der Waals surface area contributed by atoms with Gasteiger partial charge in [0.1, 0.15) is 17.2 Å². The zero-order valence-electron chi connectivity index (χ0n) is 13.3. The molecule has 1 N–H and O–H groups in total. The van der Waals surface area contributed by atoms with Crippen LogP contribution in [0.2, 0.25) is 0 Å². The molecule has 124 valence electrons. The fraction of sp³-hybridized carbons (Fsp3) is 0.529. The highest BCUT2D eigenvalue weighted by Gasteiger charge is 2.43. The van der Waals surface area contributed by atoms with Crippen molar-refractivity contribution in [3.05, 3.63) is 29.8 Å². The molecule has 0 radical (unpaired) electrons. The molecule has 2 saturated heterocycles. The van der Waals surface area contributed by atoms with Crippen molar-refractivity contribution in [2.75, 3.05) is 18.8 Å².